The van der Waals surface area contributed by atoms with Crippen LogP contribution in [0.3, 0.4) is 0 Å². The monoisotopic (exact) mass is 446 g/mol. The summed E-state index contributed by atoms with van der Waals surface area (Å²) >= 11 is 6.01. The first-order chi connectivity index (χ1) is 13.2. The van der Waals surface area contributed by atoms with Gasteiger partial charge in [0.2, 0.25) is 10.0 Å². The summed E-state index contributed by atoms with van der Waals surface area (Å²) in [5.74, 6) is -0.269. The summed E-state index contributed by atoms with van der Waals surface area (Å²) in [6, 6.07) is 8.02. The minimum atomic E-state index is -3.58. The van der Waals surface area contributed by atoms with Crippen molar-refractivity contribution in [3.05, 3.63) is 34.9 Å². The van der Waals surface area contributed by atoms with E-state index in [2.05, 4.69) is 21.8 Å². The molecule has 1 N–H and O–H groups in total. The molecule has 0 amide bonds. The normalized spacial score (nSPS) is 27.7. The highest BCUT2D eigenvalue weighted by Crippen LogP contribution is 2.49. The predicted molar refractivity (Wildman–Crippen MR) is 111 cm³/mol. The summed E-state index contributed by atoms with van der Waals surface area (Å²) in [6.07, 6.45) is 4.08. The molecule has 1 aliphatic carbocycles. The number of sulfonamides is 1. The number of halogens is 1. The molecular weight excluding hydrogens is 420 g/mol. The molecule has 0 bridgehead atoms. The number of piperidine rings is 1. The smallest absolute Gasteiger partial charge is 0.215 e. The molecule has 2 heterocycles. The highest BCUT2D eigenvalue weighted by Gasteiger charge is 2.46. The SMILES string of the molecule is O=S1(=O)CC[C@@H](S(=O)(=O)NC2CCN(CC3(c4ccc(Cl)cc4)CC3)CC2)C1. The van der Waals surface area contributed by atoms with Gasteiger partial charge in [0.05, 0.1) is 16.8 Å². The van der Waals surface area contributed by atoms with Crippen LogP contribution in [-0.4, -0.2) is 64.2 Å². The number of hydrogen-bond donors (Lipinski definition) is 1. The molecule has 1 aromatic rings. The molecule has 0 radical (unpaired) electrons. The first-order valence-corrected chi connectivity index (χ1v) is 13.6. The van der Waals surface area contributed by atoms with Gasteiger partial charge in [0.25, 0.3) is 0 Å². The Balaban J connectivity index is 1.30. The highest BCUT2D eigenvalue weighted by molar-refractivity contribution is 7.95. The molecule has 3 fully saturated rings. The Bertz CT molecular complexity index is 919. The summed E-state index contributed by atoms with van der Waals surface area (Å²) in [5.41, 5.74) is 1.55. The largest absolute Gasteiger partial charge is 0.302 e. The fourth-order valence-corrected chi connectivity index (χ4v) is 8.94. The molecule has 2 saturated heterocycles. The summed E-state index contributed by atoms with van der Waals surface area (Å²) in [5, 5.41) is -0.0436. The van der Waals surface area contributed by atoms with Crippen molar-refractivity contribution < 1.29 is 16.8 Å². The van der Waals surface area contributed by atoms with E-state index >= 15 is 0 Å². The first-order valence-electron chi connectivity index (χ1n) is 9.88. The zero-order chi connectivity index (χ0) is 20.0. The average molecular weight is 447 g/mol. The number of likely N-dealkylation sites (tertiary alicyclic amines) is 1. The molecule has 0 aromatic heterocycles. The van der Waals surface area contributed by atoms with Crippen LogP contribution in [0.25, 0.3) is 0 Å². The van der Waals surface area contributed by atoms with E-state index in [9.17, 15) is 16.8 Å². The maximum atomic E-state index is 12.5. The molecule has 0 unspecified atom stereocenters. The summed E-state index contributed by atoms with van der Waals surface area (Å²) < 4.78 is 51.0. The topological polar surface area (TPSA) is 83.5 Å². The molecular formula is C19H27ClN2O4S2. The van der Waals surface area contributed by atoms with E-state index in [1.807, 2.05) is 12.1 Å². The van der Waals surface area contributed by atoms with Crippen LogP contribution in [0.5, 0.6) is 0 Å². The quantitative estimate of drug-likeness (QED) is 0.722. The molecule has 3 aliphatic rings. The first kappa shape index (κ1) is 20.6. The minimum Gasteiger partial charge on any atom is -0.302 e. The van der Waals surface area contributed by atoms with Gasteiger partial charge in [-0.2, -0.15) is 0 Å². The average Bonchev–Trinajstić information content (AvgIpc) is 3.31. The number of benzene rings is 1. The standard InChI is InChI=1S/C19H27ClN2O4S2/c20-16-3-1-15(2-4-16)19(8-9-19)14-22-10-5-17(6-11-22)21-28(25,26)18-7-12-27(23,24)13-18/h1-4,17-18,21H,5-14H2/t18-/m1/s1. The van der Waals surface area contributed by atoms with Crippen molar-refractivity contribution in [1.82, 2.24) is 9.62 Å². The zero-order valence-electron chi connectivity index (χ0n) is 15.8. The van der Waals surface area contributed by atoms with Crippen molar-refractivity contribution in [3.63, 3.8) is 0 Å². The van der Waals surface area contributed by atoms with Crippen molar-refractivity contribution in [3.8, 4) is 0 Å². The molecule has 1 aromatic carbocycles. The van der Waals surface area contributed by atoms with Crippen LogP contribution in [0.4, 0.5) is 0 Å². The Kier molecular flexibility index (Phi) is 5.55. The van der Waals surface area contributed by atoms with Gasteiger partial charge in [0.15, 0.2) is 9.84 Å². The molecule has 156 valence electrons. The number of nitrogens with zero attached hydrogens (tertiary/aromatic N) is 1. The lowest BCUT2D eigenvalue weighted by Gasteiger charge is -2.35. The fourth-order valence-electron chi connectivity index (χ4n) is 4.46. The molecule has 2 aliphatic heterocycles. The van der Waals surface area contributed by atoms with Crippen LogP contribution in [0, 0.1) is 0 Å². The summed E-state index contributed by atoms with van der Waals surface area (Å²) in [4.78, 5) is 2.42. The van der Waals surface area contributed by atoms with E-state index in [4.69, 9.17) is 11.6 Å². The Morgan fingerprint density at radius 2 is 1.75 bits per heavy atom. The number of nitrogens with one attached hydrogen (secondary N) is 1. The van der Waals surface area contributed by atoms with Crippen LogP contribution >= 0.6 is 11.6 Å². The Hall–Kier alpha value is -0.670. The van der Waals surface area contributed by atoms with Crippen molar-refractivity contribution in [1.29, 1.82) is 0 Å². The third-order valence-electron chi connectivity index (χ3n) is 6.38. The van der Waals surface area contributed by atoms with Crippen LogP contribution in [0.2, 0.25) is 5.02 Å². The van der Waals surface area contributed by atoms with Gasteiger partial charge < -0.3 is 4.90 Å². The Morgan fingerprint density at radius 3 is 2.29 bits per heavy atom. The molecule has 6 nitrogen and oxygen atoms in total. The van der Waals surface area contributed by atoms with Crippen molar-refractivity contribution in [2.75, 3.05) is 31.1 Å². The van der Waals surface area contributed by atoms with Gasteiger partial charge in [-0.1, -0.05) is 23.7 Å². The van der Waals surface area contributed by atoms with E-state index in [1.54, 1.807) is 0 Å². The number of hydrogen-bond acceptors (Lipinski definition) is 5. The van der Waals surface area contributed by atoms with Crippen molar-refractivity contribution in [2.45, 2.75) is 48.8 Å². The maximum absolute atomic E-state index is 12.5. The Labute approximate surface area is 172 Å². The molecule has 1 saturated carbocycles. The summed E-state index contributed by atoms with van der Waals surface area (Å²) in [6.45, 7) is 2.70. The van der Waals surface area contributed by atoms with Crippen molar-refractivity contribution in [2.24, 2.45) is 0 Å². The molecule has 4 rings (SSSR count). The van der Waals surface area contributed by atoms with Gasteiger partial charge in [-0.05, 0) is 62.9 Å². The molecule has 28 heavy (non-hydrogen) atoms. The van der Waals surface area contributed by atoms with Gasteiger partial charge in [-0.15, -0.1) is 0 Å². The van der Waals surface area contributed by atoms with E-state index in [0.717, 1.165) is 37.5 Å². The third kappa shape index (κ3) is 4.56. The van der Waals surface area contributed by atoms with Crippen LogP contribution < -0.4 is 4.72 Å². The zero-order valence-corrected chi connectivity index (χ0v) is 18.2. The second kappa shape index (κ2) is 7.54. The fraction of sp³-hybridized carbons (Fsp3) is 0.684. The predicted octanol–water partition coefficient (Wildman–Crippen LogP) is 1.94. The lowest BCUT2D eigenvalue weighted by molar-refractivity contribution is 0.191. The van der Waals surface area contributed by atoms with Crippen LogP contribution in [0.1, 0.15) is 37.7 Å². The minimum absolute atomic E-state index is 0.0240. The van der Waals surface area contributed by atoms with Crippen LogP contribution in [0.15, 0.2) is 24.3 Å². The lowest BCUT2D eigenvalue weighted by atomic mass is 9.94. The summed E-state index contributed by atoms with van der Waals surface area (Å²) in [7, 11) is -6.78. The highest BCUT2D eigenvalue weighted by atomic mass is 35.5. The molecule has 9 heteroatoms. The van der Waals surface area contributed by atoms with E-state index in [1.165, 1.54) is 18.4 Å². The maximum Gasteiger partial charge on any atom is 0.215 e. The van der Waals surface area contributed by atoms with E-state index < -0.39 is 25.1 Å². The second-order valence-electron chi connectivity index (χ2n) is 8.53. The number of rotatable bonds is 6. The van der Waals surface area contributed by atoms with E-state index in [0.29, 0.717) is 0 Å². The van der Waals surface area contributed by atoms with Crippen molar-refractivity contribution >= 4 is 31.5 Å². The van der Waals surface area contributed by atoms with Crippen LogP contribution in [-0.2, 0) is 25.3 Å². The Morgan fingerprint density at radius 1 is 1.11 bits per heavy atom. The third-order valence-corrected chi connectivity index (χ3v) is 10.6. The van der Waals surface area contributed by atoms with Gasteiger partial charge in [-0.3, -0.25) is 0 Å². The van der Waals surface area contributed by atoms with Gasteiger partial charge >= 0.3 is 0 Å². The molecule has 0 spiro atoms. The lowest BCUT2D eigenvalue weighted by Crippen LogP contribution is -2.48. The second-order valence-corrected chi connectivity index (χ2v) is 13.2. The van der Waals surface area contributed by atoms with Gasteiger partial charge in [0.1, 0.15) is 0 Å². The van der Waals surface area contributed by atoms with Gasteiger partial charge in [-0.25, -0.2) is 21.6 Å². The van der Waals surface area contributed by atoms with E-state index in [-0.39, 0.29) is 29.4 Å². The number of sulfone groups is 1. The molecule has 1 atom stereocenters. The van der Waals surface area contributed by atoms with Gasteiger partial charge in [0, 0.05) is 23.0 Å².